The van der Waals surface area contributed by atoms with Crippen molar-refractivity contribution in [3.05, 3.63) is 59.7 Å². The molecular weight excluding hydrogens is 358 g/mol. The van der Waals surface area contributed by atoms with E-state index in [1.165, 1.54) is 6.08 Å². The van der Waals surface area contributed by atoms with Gasteiger partial charge in [-0.25, -0.2) is 4.79 Å². The number of methoxy groups -OCH3 is 1. The lowest BCUT2D eigenvalue weighted by Crippen LogP contribution is -2.10. The first kappa shape index (κ1) is 21.0. The summed E-state index contributed by atoms with van der Waals surface area (Å²) in [5.74, 6) is 0.531. The molecule has 2 aromatic carbocycles. The molecule has 0 aliphatic carbocycles. The topological polar surface area (TPSA) is 73.9 Å². The highest BCUT2D eigenvalue weighted by molar-refractivity contribution is 6.02. The molecule has 0 aliphatic rings. The van der Waals surface area contributed by atoms with Crippen molar-refractivity contribution in [2.24, 2.45) is 0 Å². The smallest absolute Gasteiger partial charge is 0.338 e. The highest BCUT2D eigenvalue weighted by Crippen LogP contribution is 2.28. The van der Waals surface area contributed by atoms with Crippen LogP contribution < -0.4 is 14.8 Å². The van der Waals surface area contributed by atoms with Crippen molar-refractivity contribution in [2.45, 2.75) is 20.3 Å². The minimum atomic E-state index is -0.407. The monoisotopic (exact) mass is 383 g/mol. The van der Waals surface area contributed by atoms with Gasteiger partial charge in [-0.15, -0.1) is 0 Å². The van der Waals surface area contributed by atoms with Gasteiger partial charge in [-0.3, -0.25) is 4.79 Å². The van der Waals surface area contributed by atoms with Crippen LogP contribution in [0, 0.1) is 0 Å². The van der Waals surface area contributed by atoms with E-state index >= 15 is 0 Å². The van der Waals surface area contributed by atoms with Crippen molar-refractivity contribution in [1.82, 2.24) is 0 Å². The third kappa shape index (κ3) is 6.16. The number of ether oxygens (including phenoxy) is 3. The van der Waals surface area contributed by atoms with E-state index in [4.69, 9.17) is 14.2 Å². The van der Waals surface area contributed by atoms with Crippen molar-refractivity contribution in [2.75, 3.05) is 25.6 Å². The summed E-state index contributed by atoms with van der Waals surface area (Å²) in [7, 11) is 1.57. The first-order valence-electron chi connectivity index (χ1n) is 9.14. The Bertz CT molecular complexity index is 845. The molecule has 0 bridgehead atoms. The summed E-state index contributed by atoms with van der Waals surface area (Å²) in [5, 5.41) is 2.73. The number of nitrogens with one attached hydrogen (secondary N) is 1. The van der Waals surface area contributed by atoms with E-state index in [0.717, 1.165) is 12.0 Å². The van der Waals surface area contributed by atoms with E-state index in [-0.39, 0.29) is 5.91 Å². The summed E-state index contributed by atoms with van der Waals surface area (Å²) in [5.41, 5.74) is 1.71. The van der Waals surface area contributed by atoms with Crippen LogP contribution in [0.1, 0.15) is 36.2 Å². The van der Waals surface area contributed by atoms with Crippen LogP contribution in [0.2, 0.25) is 0 Å². The lowest BCUT2D eigenvalue weighted by atomic mass is 10.1. The molecule has 2 aromatic rings. The van der Waals surface area contributed by atoms with Gasteiger partial charge < -0.3 is 19.5 Å². The van der Waals surface area contributed by atoms with Crippen LogP contribution in [0.4, 0.5) is 5.69 Å². The summed E-state index contributed by atoms with van der Waals surface area (Å²) >= 11 is 0. The maximum absolute atomic E-state index is 12.2. The number of esters is 1. The number of carbonyl (C=O) groups is 2. The zero-order valence-corrected chi connectivity index (χ0v) is 16.4. The lowest BCUT2D eigenvalue weighted by molar-refractivity contribution is -0.111. The zero-order valence-electron chi connectivity index (χ0n) is 16.4. The van der Waals surface area contributed by atoms with Crippen LogP contribution >= 0.6 is 0 Å². The second-order valence-corrected chi connectivity index (χ2v) is 5.88. The second kappa shape index (κ2) is 10.8. The van der Waals surface area contributed by atoms with Gasteiger partial charge in [0.25, 0.3) is 0 Å². The van der Waals surface area contributed by atoms with Crippen molar-refractivity contribution >= 4 is 23.6 Å². The van der Waals surface area contributed by atoms with Gasteiger partial charge in [-0.2, -0.15) is 0 Å². The summed E-state index contributed by atoms with van der Waals surface area (Å²) in [4.78, 5) is 24.1. The third-order valence-corrected chi connectivity index (χ3v) is 3.72. The Balaban J connectivity index is 2.03. The van der Waals surface area contributed by atoms with Gasteiger partial charge in [0, 0.05) is 11.8 Å². The molecule has 148 valence electrons. The second-order valence-electron chi connectivity index (χ2n) is 5.88. The van der Waals surface area contributed by atoms with Gasteiger partial charge >= 0.3 is 5.97 Å². The maximum Gasteiger partial charge on any atom is 0.338 e. The SMILES string of the molecule is CCCOC(=O)c1cccc(NC(=O)/C=C/c2ccc(OCC)c(OC)c2)c1. The molecule has 0 aromatic heterocycles. The molecule has 0 aliphatic heterocycles. The van der Waals surface area contributed by atoms with Gasteiger partial charge in [0.2, 0.25) is 5.91 Å². The summed E-state index contributed by atoms with van der Waals surface area (Å²) in [6.07, 6.45) is 3.84. The van der Waals surface area contributed by atoms with E-state index < -0.39 is 5.97 Å². The van der Waals surface area contributed by atoms with Crippen LogP contribution in [0.5, 0.6) is 11.5 Å². The minimum Gasteiger partial charge on any atom is -0.493 e. The molecule has 0 atom stereocenters. The van der Waals surface area contributed by atoms with E-state index in [0.29, 0.717) is 36.0 Å². The first-order chi connectivity index (χ1) is 13.6. The number of rotatable bonds is 9. The Labute approximate surface area is 165 Å². The van der Waals surface area contributed by atoms with Crippen molar-refractivity contribution in [3.8, 4) is 11.5 Å². The molecule has 0 spiro atoms. The molecule has 1 amide bonds. The normalized spacial score (nSPS) is 10.5. The number of carbonyl (C=O) groups excluding carboxylic acids is 2. The number of hydrogen-bond acceptors (Lipinski definition) is 5. The third-order valence-electron chi connectivity index (χ3n) is 3.72. The standard InChI is InChI=1S/C22H25NO5/c1-4-13-28-22(25)17-7-6-8-18(15-17)23-21(24)12-10-16-9-11-19(27-5-2)20(14-16)26-3/h6-12,14-15H,4-5,13H2,1-3H3,(H,23,24)/b12-10+. The largest absolute Gasteiger partial charge is 0.493 e. The van der Waals surface area contributed by atoms with Gasteiger partial charge in [0.15, 0.2) is 11.5 Å². The Morgan fingerprint density at radius 2 is 1.89 bits per heavy atom. The molecule has 6 heteroatoms. The minimum absolute atomic E-state index is 0.313. The predicted molar refractivity (Wildman–Crippen MR) is 109 cm³/mol. The van der Waals surface area contributed by atoms with E-state index in [2.05, 4.69) is 5.32 Å². The number of amides is 1. The summed E-state index contributed by atoms with van der Waals surface area (Å²) in [6, 6.07) is 12.1. The number of anilines is 1. The Hall–Kier alpha value is -3.28. The van der Waals surface area contributed by atoms with E-state index in [1.807, 2.05) is 19.9 Å². The molecule has 0 saturated heterocycles. The first-order valence-corrected chi connectivity index (χ1v) is 9.14. The molecule has 0 saturated carbocycles. The molecule has 1 N–H and O–H groups in total. The molecule has 6 nitrogen and oxygen atoms in total. The average molecular weight is 383 g/mol. The molecule has 0 radical (unpaired) electrons. The lowest BCUT2D eigenvalue weighted by Gasteiger charge is -2.09. The Kier molecular flexibility index (Phi) is 8.09. The van der Waals surface area contributed by atoms with Crippen molar-refractivity contribution in [1.29, 1.82) is 0 Å². The molecular formula is C22H25NO5. The fourth-order valence-corrected chi connectivity index (χ4v) is 2.42. The maximum atomic E-state index is 12.2. The highest BCUT2D eigenvalue weighted by atomic mass is 16.5. The highest BCUT2D eigenvalue weighted by Gasteiger charge is 2.08. The number of benzene rings is 2. The quantitative estimate of drug-likeness (QED) is 0.516. The van der Waals surface area contributed by atoms with Gasteiger partial charge in [-0.05, 0) is 55.3 Å². The van der Waals surface area contributed by atoms with Crippen LogP contribution in [0.25, 0.3) is 6.08 Å². The summed E-state index contributed by atoms with van der Waals surface area (Å²) in [6.45, 7) is 4.73. The number of hydrogen-bond donors (Lipinski definition) is 1. The van der Waals surface area contributed by atoms with Gasteiger partial charge in [-0.1, -0.05) is 19.1 Å². The van der Waals surface area contributed by atoms with Crippen LogP contribution in [-0.4, -0.2) is 32.2 Å². The fourth-order valence-electron chi connectivity index (χ4n) is 2.42. The van der Waals surface area contributed by atoms with Gasteiger partial charge in [0.05, 0.1) is 25.9 Å². The van der Waals surface area contributed by atoms with E-state index in [1.54, 1.807) is 49.6 Å². The molecule has 0 heterocycles. The van der Waals surface area contributed by atoms with Crippen molar-refractivity contribution in [3.63, 3.8) is 0 Å². The fraction of sp³-hybridized carbons (Fsp3) is 0.273. The van der Waals surface area contributed by atoms with E-state index in [9.17, 15) is 9.59 Å². The average Bonchev–Trinajstić information content (AvgIpc) is 2.71. The van der Waals surface area contributed by atoms with Crippen LogP contribution in [0.15, 0.2) is 48.5 Å². The molecule has 2 rings (SSSR count). The molecule has 0 fully saturated rings. The van der Waals surface area contributed by atoms with Gasteiger partial charge in [0.1, 0.15) is 0 Å². The van der Waals surface area contributed by atoms with Crippen molar-refractivity contribution < 1.29 is 23.8 Å². The Morgan fingerprint density at radius 3 is 2.61 bits per heavy atom. The predicted octanol–water partition coefficient (Wildman–Crippen LogP) is 4.31. The Morgan fingerprint density at radius 1 is 1.07 bits per heavy atom. The zero-order chi connectivity index (χ0) is 20.4. The van der Waals surface area contributed by atoms with Crippen LogP contribution in [0.3, 0.4) is 0 Å². The molecule has 0 unspecified atom stereocenters. The van der Waals surface area contributed by atoms with Crippen LogP contribution in [-0.2, 0) is 9.53 Å². The molecule has 28 heavy (non-hydrogen) atoms. The summed E-state index contributed by atoms with van der Waals surface area (Å²) < 4.78 is 15.9.